The number of rotatable bonds is 0. The van der Waals surface area contributed by atoms with Crippen molar-refractivity contribution in [3.8, 4) is 0 Å². The molecule has 0 aliphatic carbocycles. The van der Waals surface area contributed by atoms with Crippen LogP contribution in [-0.4, -0.2) is 44.6 Å². The molecule has 0 spiro atoms. The standard InChI is InChI=1S/2C6H5Te.Pt/c2*7-6-4-2-1-3-5-6;/h2*1-5H;. The minimum absolute atomic E-state index is 0. The average molecular weight is 604 g/mol. The first kappa shape index (κ1) is 15.7. The SMILES string of the molecule is [Pt].[Te]c1ccccc1.[Te]c1ccccc1. The van der Waals surface area contributed by atoms with Crippen molar-refractivity contribution in [2.24, 2.45) is 0 Å². The normalized spacial score (nSPS) is 8.00. The number of benzene rings is 2. The van der Waals surface area contributed by atoms with Crippen LogP contribution in [0.25, 0.3) is 0 Å². The molecule has 0 aliphatic heterocycles. The van der Waals surface area contributed by atoms with Crippen molar-refractivity contribution in [3.63, 3.8) is 0 Å². The second-order valence-electron chi connectivity index (χ2n) is 2.63. The summed E-state index contributed by atoms with van der Waals surface area (Å²) in [6.45, 7) is 0. The fourth-order valence-electron chi connectivity index (χ4n) is 0.841. The first-order chi connectivity index (χ1) is 6.79. The predicted octanol–water partition coefficient (Wildman–Crippen LogP) is 0.958. The maximum atomic E-state index is 2.09. The van der Waals surface area contributed by atoms with Gasteiger partial charge in [-0.05, 0) is 0 Å². The summed E-state index contributed by atoms with van der Waals surface area (Å²) in [4.78, 5) is 0. The molecule has 0 heterocycles. The van der Waals surface area contributed by atoms with E-state index in [0.29, 0.717) is 0 Å². The second-order valence-corrected chi connectivity index (χ2v) is 5.32. The molecule has 0 nitrogen and oxygen atoms in total. The Kier molecular flexibility index (Phi) is 10.4. The van der Waals surface area contributed by atoms with Crippen LogP contribution >= 0.6 is 0 Å². The van der Waals surface area contributed by atoms with Gasteiger partial charge in [0, 0.05) is 21.1 Å². The molecule has 2 rings (SSSR count). The summed E-state index contributed by atoms with van der Waals surface area (Å²) in [6.07, 6.45) is 0. The van der Waals surface area contributed by atoms with Crippen molar-refractivity contribution in [1.82, 2.24) is 0 Å². The van der Waals surface area contributed by atoms with Gasteiger partial charge >= 0.3 is 112 Å². The number of hydrogen-bond acceptors (Lipinski definition) is 0. The Balaban J connectivity index is 0.000000245. The Morgan fingerprint density at radius 1 is 0.533 bits per heavy atom. The van der Waals surface area contributed by atoms with Crippen molar-refractivity contribution in [2.75, 3.05) is 0 Å². The van der Waals surface area contributed by atoms with Crippen molar-refractivity contribution < 1.29 is 21.1 Å². The van der Waals surface area contributed by atoms with Crippen molar-refractivity contribution in [1.29, 1.82) is 0 Å². The molecule has 2 aromatic carbocycles. The van der Waals surface area contributed by atoms with Crippen LogP contribution in [-0.2, 0) is 21.1 Å². The molecular weight excluding hydrogens is 594 g/mol. The van der Waals surface area contributed by atoms with Gasteiger partial charge in [0.05, 0.1) is 0 Å². The van der Waals surface area contributed by atoms with Gasteiger partial charge in [-0.15, -0.1) is 0 Å². The van der Waals surface area contributed by atoms with E-state index in [-0.39, 0.29) is 21.1 Å². The van der Waals surface area contributed by atoms with Gasteiger partial charge in [0.2, 0.25) is 0 Å². The Bertz CT molecular complexity index is 311. The van der Waals surface area contributed by atoms with E-state index in [0.717, 1.165) is 0 Å². The zero-order valence-electron chi connectivity index (χ0n) is 7.91. The summed E-state index contributed by atoms with van der Waals surface area (Å²) in [7, 11) is 0. The minimum atomic E-state index is 0. The maximum absolute atomic E-state index is 2.09. The van der Waals surface area contributed by atoms with E-state index in [2.05, 4.69) is 24.3 Å². The quantitative estimate of drug-likeness (QED) is 0.394. The summed E-state index contributed by atoms with van der Waals surface area (Å²) in [5, 5.41) is 0. The Morgan fingerprint density at radius 3 is 0.933 bits per heavy atom. The molecule has 2 aromatic rings. The number of hydrogen-bond donors (Lipinski definition) is 0. The summed E-state index contributed by atoms with van der Waals surface area (Å²) in [5.74, 6) is 0. The van der Waals surface area contributed by atoms with Crippen LogP contribution < -0.4 is 7.22 Å². The van der Waals surface area contributed by atoms with Gasteiger partial charge in [0.15, 0.2) is 0 Å². The summed E-state index contributed by atoms with van der Waals surface area (Å²) < 4.78 is 2.66. The van der Waals surface area contributed by atoms with Crippen LogP contribution in [0.4, 0.5) is 0 Å². The van der Waals surface area contributed by atoms with Crippen molar-refractivity contribution >= 4 is 51.8 Å². The molecule has 0 unspecified atom stereocenters. The third-order valence-electron chi connectivity index (χ3n) is 1.49. The molecule has 0 saturated heterocycles. The van der Waals surface area contributed by atoms with Gasteiger partial charge in [0.25, 0.3) is 0 Å². The van der Waals surface area contributed by atoms with Gasteiger partial charge in [0.1, 0.15) is 0 Å². The van der Waals surface area contributed by atoms with Crippen LogP contribution in [0.1, 0.15) is 0 Å². The van der Waals surface area contributed by atoms with E-state index in [4.69, 9.17) is 0 Å². The molecule has 2 radical (unpaired) electrons. The predicted molar refractivity (Wildman–Crippen MR) is 63.7 cm³/mol. The zero-order valence-corrected chi connectivity index (χ0v) is 14.8. The molecule has 0 N–H and O–H groups in total. The molecule has 0 atom stereocenters. The van der Waals surface area contributed by atoms with Crippen LogP contribution in [0.5, 0.6) is 0 Å². The van der Waals surface area contributed by atoms with E-state index in [1.54, 1.807) is 0 Å². The van der Waals surface area contributed by atoms with E-state index < -0.39 is 0 Å². The first-order valence-corrected chi connectivity index (χ1v) is 6.56. The van der Waals surface area contributed by atoms with Crippen molar-refractivity contribution in [3.05, 3.63) is 60.7 Å². The van der Waals surface area contributed by atoms with E-state index >= 15 is 0 Å². The zero-order chi connectivity index (χ0) is 10.2. The Labute approximate surface area is 132 Å². The third-order valence-corrected chi connectivity index (χ3v) is 3.04. The fraction of sp³-hybridized carbons (Fsp3) is 0. The average Bonchev–Trinajstić information content (AvgIpc) is 2.21. The molecule has 15 heavy (non-hydrogen) atoms. The van der Waals surface area contributed by atoms with E-state index in [9.17, 15) is 0 Å². The van der Waals surface area contributed by atoms with Crippen LogP contribution in [0.2, 0.25) is 0 Å². The van der Waals surface area contributed by atoms with Crippen LogP contribution in [0.3, 0.4) is 0 Å². The summed E-state index contributed by atoms with van der Waals surface area (Å²) >= 11 is 4.04. The van der Waals surface area contributed by atoms with Gasteiger partial charge in [-0.3, -0.25) is 0 Å². The van der Waals surface area contributed by atoms with Crippen molar-refractivity contribution in [2.45, 2.75) is 0 Å². The molecule has 0 amide bonds. The molecule has 0 bridgehead atoms. The molecule has 0 aliphatic rings. The van der Waals surface area contributed by atoms with E-state index in [1.807, 2.05) is 81.0 Å². The molecular formula is C12H10PtTe2. The molecule has 80 valence electrons. The van der Waals surface area contributed by atoms with Gasteiger partial charge in [-0.1, -0.05) is 0 Å². The van der Waals surface area contributed by atoms with Gasteiger partial charge < -0.3 is 0 Å². The Morgan fingerprint density at radius 2 is 0.800 bits per heavy atom. The Hall–Kier alpha value is 0.708. The summed E-state index contributed by atoms with van der Waals surface area (Å²) in [6, 6.07) is 20.6. The van der Waals surface area contributed by atoms with Crippen LogP contribution in [0, 0.1) is 0 Å². The van der Waals surface area contributed by atoms with Crippen LogP contribution in [0.15, 0.2) is 60.7 Å². The van der Waals surface area contributed by atoms with Gasteiger partial charge in [-0.2, -0.15) is 0 Å². The third kappa shape index (κ3) is 8.51. The molecule has 0 saturated carbocycles. The second kappa shape index (κ2) is 9.90. The molecule has 0 fully saturated rings. The topological polar surface area (TPSA) is 0 Å². The monoisotopic (exact) mass is 609 g/mol. The summed E-state index contributed by atoms with van der Waals surface area (Å²) in [5.41, 5.74) is 0. The molecule has 3 heteroatoms. The fourth-order valence-corrected chi connectivity index (χ4v) is 1.74. The van der Waals surface area contributed by atoms with Gasteiger partial charge in [-0.25, -0.2) is 0 Å². The molecule has 0 aromatic heterocycles. The first-order valence-electron chi connectivity index (χ1n) is 4.23. The van der Waals surface area contributed by atoms with E-state index in [1.165, 1.54) is 7.22 Å².